The van der Waals surface area contributed by atoms with Crippen molar-refractivity contribution in [3.63, 3.8) is 0 Å². The summed E-state index contributed by atoms with van der Waals surface area (Å²) in [6.07, 6.45) is 0. The summed E-state index contributed by atoms with van der Waals surface area (Å²) in [5.41, 5.74) is 12.0. The van der Waals surface area contributed by atoms with E-state index < -0.39 is 0 Å². The summed E-state index contributed by atoms with van der Waals surface area (Å²) in [6, 6.07) is 58.4. The number of rotatable bonds is 5. The van der Waals surface area contributed by atoms with E-state index >= 15 is 0 Å². The maximum absolute atomic E-state index is 8.93. The van der Waals surface area contributed by atoms with E-state index in [4.69, 9.17) is 10.4 Å². The third-order valence-corrected chi connectivity index (χ3v) is 8.50. The van der Waals surface area contributed by atoms with Crippen LogP contribution in [-0.2, 0) is 0 Å². The van der Waals surface area contributed by atoms with Crippen LogP contribution in [0.25, 0.3) is 54.8 Å². The quantitative estimate of drug-likeness (QED) is 0.152. The number of nitrogens with zero attached hydrogens (tertiary/aromatic N) is 2. The first kappa shape index (κ1) is 27.3. The standard InChI is InChI=1S/C42H30N4/c43-41(31-19-9-3-10-20-31)44-42(32-21-11-4-12-22-32)45-46-38-27-33(29-15-5-1-6-16-29)25-26-36(38)40-35-24-14-13-23-34(35)37(28-39(40)46)30-17-7-2-8-18-30/h1-28H,(H2,43,44,45). The molecule has 4 nitrogen and oxygen atoms in total. The summed E-state index contributed by atoms with van der Waals surface area (Å²) in [5.74, 6) is 0.779. The number of nitrogens with one attached hydrogen (secondary N) is 2. The van der Waals surface area contributed by atoms with Crippen LogP contribution >= 0.6 is 0 Å². The highest BCUT2D eigenvalue weighted by Crippen LogP contribution is 2.40. The number of amidine groups is 2. The van der Waals surface area contributed by atoms with Crippen LogP contribution in [0.15, 0.2) is 175 Å². The number of fused-ring (bicyclic) bond motifs is 5. The highest BCUT2D eigenvalue weighted by atomic mass is 15.4. The summed E-state index contributed by atoms with van der Waals surface area (Å²) >= 11 is 0. The number of hydrogen-bond acceptors (Lipinski definition) is 1. The van der Waals surface area contributed by atoms with Crippen LogP contribution < -0.4 is 5.43 Å². The average molecular weight is 591 g/mol. The molecule has 0 spiro atoms. The molecule has 0 radical (unpaired) electrons. The monoisotopic (exact) mass is 590 g/mol. The van der Waals surface area contributed by atoms with Gasteiger partial charge in [0.25, 0.3) is 0 Å². The van der Waals surface area contributed by atoms with Gasteiger partial charge in [0.05, 0.1) is 11.0 Å². The molecule has 2 N–H and O–H groups in total. The van der Waals surface area contributed by atoms with Gasteiger partial charge in [-0.05, 0) is 45.2 Å². The van der Waals surface area contributed by atoms with E-state index in [2.05, 4.69) is 113 Å². The van der Waals surface area contributed by atoms with Gasteiger partial charge in [-0.25, -0.2) is 4.99 Å². The van der Waals surface area contributed by atoms with E-state index in [1.165, 1.54) is 16.2 Å². The fraction of sp³-hybridized carbons (Fsp3) is 0. The lowest BCUT2D eigenvalue weighted by molar-refractivity contribution is 1.08. The van der Waals surface area contributed by atoms with Gasteiger partial charge in [0, 0.05) is 21.9 Å². The minimum atomic E-state index is 0.188. The fourth-order valence-electron chi connectivity index (χ4n) is 6.29. The van der Waals surface area contributed by atoms with Crippen molar-refractivity contribution >= 4 is 44.2 Å². The Labute approximate surface area is 267 Å². The van der Waals surface area contributed by atoms with Gasteiger partial charge in [0.15, 0.2) is 11.7 Å². The van der Waals surface area contributed by atoms with Crippen LogP contribution in [0.5, 0.6) is 0 Å². The first-order valence-electron chi connectivity index (χ1n) is 15.4. The van der Waals surface area contributed by atoms with Gasteiger partial charge in [-0.2, -0.15) is 0 Å². The zero-order valence-electron chi connectivity index (χ0n) is 25.1. The molecule has 0 saturated carbocycles. The molecular weight excluding hydrogens is 560 g/mol. The summed E-state index contributed by atoms with van der Waals surface area (Å²) in [7, 11) is 0. The van der Waals surface area contributed by atoms with Gasteiger partial charge in [-0.1, -0.05) is 158 Å². The molecule has 0 unspecified atom stereocenters. The number of aliphatic imine (C=N–C) groups is 1. The van der Waals surface area contributed by atoms with Crippen LogP contribution in [0, 0.1) is 5.41 Å². The smallest absolute Gasteiger partial charge is 0.154 e. The normalized spacial score (nSPS) is 11.7. The van der Waals surface area contributed by atoms with Crippen LogP contribution in [0.1, 0.15) is 11.1 Å². The molecule has 0 fully saturated rings. The Kier molecular flexibility index (Phi) is 6.93. The second-order valence-electron chi connectivity index (χ2n) is 11.3. The Morgan fingerprint density at radius 2 is 1.04 bits per heavy atom. The van der Waals surface area contributed by atoms with Crippen molar-refractivity contribution in [2.24, 2.45) is 4.99 Å². The van der Waals surface area contributed by atoms with Crippen molar-refractivity contribution in [3.05, 3.63) is 181 Å². The average Bonchev–Trinajstić information content (AvgIpc) is 3.44. The zero-order chi connectivity index (χ0) is 30.9. The molecule has 0 aliphatic rings. The molecule has 7 aromatic carbocycles. The van der Waals surface area contributed by atoms with E-state index in [-0.39, 0.29) is 5.84 Å². The highest BCUT2D eigenvalue weighted by Gasteiger charge is 2.19. The topological polar surface area (TPSA) is 53.2 Å². The molecule has 1 heterocycles. The van der Waals surface area contributed by atoms with Gasteiger partial charge in [0.2, 0.25) is 0 Å². The third-order valence-electron chi connectivity index (χ3n) is 8.50. The Morgan fingerprint density at radius 1 is 0.478 bits per heavy atom. The lowest BCUT2D eigenvalue weighted by Crippen LogP contribution is -2.25. The van der Waals surface area contributed by atoms with Crippen molar-refractivity contribution in [2.75, 3.05) is 5.43 Å². The first-order valence-corrected chi connectivity index (χ1v) is 15.4. The van der Waals surface area contributed by atoms with Gasteiger partial charge < -0.3 is 0 Å². The second kappa shape index (κ2) is 11.7. The second-order valence-corrected chi connectivity index (χ2v) is 11.3. The molecule has 0 bridgehead atoms. The van der Waals surface area contributed by atoms with E-state index in [0.29, 0.717) is 5.84 Å². The Morgan fingerprint density at radius 3 is 1.72 bits per heavy atom. The predicted octanol–water partition coefficient (Wildman–Crippen LogP) is 10.3. The Bertz CT molecular complexity index is 2370. The van der Waals surface area contributed by atoms with Crippen LogP contribution in [0.3, 0.4) is 0 Å². The molecule has 0 saturated heterocycles. The van der Waals surface area contributed by atoms with E-state index in [1.807, 2.05) is 66.7 Å². The van der Waals surface area contributed by atoms with Crippen molar-refractivity contribution in [1.29, 1.82) is 5.41 Å². The molecule has 46 heavy (non-hydrogen) atoms. The summed E-state index contributed by atoms with van der Waals surface area (Å²) in [6.45, 7) is 0. The molecule has 1 aromatic heterocycles. The van der Waals surface area contributed by atoms with Gasteiger partial charge >= 0.3 is 0 Å². The fourth-order valence-corrected chi connectivity index (χ4v) is 6.29. The lowest BCUT2D eigenvalue weighted by Gasteiger charge is -2.16. The minimum absolute atomic E-state index is 0.188. The molecular formula is C42H30N4. The van der Waals surface area contributed by atoms with Crippen LogP contribution in [0.2, 0.25) is 0 Å². The molecule has 0 atom stereocenters. The minimum Gasteiger partial charge on any atom is -0.282 e. The van der Waals surface area contributed by atoms with Crippen molar-refractivity contribution in [1.82, 2.24) is 4.68 Å². The van der Waals surface area contributed by atoms with Crippen molar-refractivity contribution < 1.29 is 0 Å². The van der Waals surface area contributed by atoms with Crippen LogP contribution in [-0.4, -0.2) is 16.3 Å². The largest absolute Gasteiger partial charge is 0.282 e. The lowest BCUT2D eigenvalue weighted by atomic mass is 9.94. The van der Waals surface area contributed by atoms with Crippen molar-refractivity contribution in [2.45, 2.75) is 0 Å². The maximum Gasteiger partial charge on any atom is 0.154 e. The van der Waals surface area contributed by atoms with E-state index in [1.54, 1.807) is 0 Å². The molecule has 0 aliphatic heterocycles. The van der Waals surface area contributed by atoms with E-state index in [9.17, 15) is 0 Å². The molecule has 0 aliphatic carbocycles. The SMILES string of the molecule is N=C(N=C(Nn1c2cc(-c3ccccc3)ccc2c2c3ccccc3c(-c3ccccc3)cc21)c1ccccc1)c1ccccc1. The van der Waals surface area contributed by atoms with Gasteiger partial charge in [-0.15, -0.1) is 0 Å². The van der Waals surface area contributed by atoms with Crippen molar-refractivity contribution in [3.8, 4) is 22.3 Å². The summed E-state index contributed by atoms with van der Waals surface area (Å²) in [4.78, 5) is 4.90. The van der Waals surface area contributed by atoms with Gasteiger partial charge in [-0.3, -0.25) is 15.5 Å². The van der Waals surface area contributed by atoms with Crippen LogP contribution in [0.4, 0.5) is 0 Å². The Balaban J connectivity index is 1.43. The molecule has 4 heteroatoms. The predicted molar refractivity (Wildman–Crippen MR) is 193 cm³/mol. The number of hydrogen-bond donors (Lipinski definition) is 2. The molecule has 218 valence electrons. The number of aromatic nitrogens is 1. The Hall–Kier alpha value is -6.26. The molecule has 8 rings (SSSR count). The summed E-state index contributed by atoms with van der Waals surface area (Å²) in [5, 5.41) is 13.6. The maximum atomic E-state index is 8.93. The van der Waals surface area contributed by atoms with Gasteiger partial charge in [0.1, 0.15) is 0 Å². The summed E-state index contributed by atoms with van der Waals surface area (Å²) < 4.78 is 2.15. The molecule has 0 amide bonds. The first-order chi connectivity index (χ1) is 22.7. The number of benzene rings is 7. The third kappa shape index (κ3) is 4.92. The van der Waals surface area contributed by atoms with E-state index in [0.717, 1.165) is 49.8 Å². The zero-order valence-corrected chi connectivity index (χ0v) is 25.1. The molecule has 8 aromatic rings. The highest BCUT2D eigenvalue weighted by molar-refractivity contribution is 6.25.